The van der Waals surface area contributed by atoms with Crippen LogP contribution in [0.25, 0.3) is 22.3 Å². The predicted molar refractivity (Wildman–Crippen MR) is 241 cm³/mol. The number of hydrogen-bond donors (Lipinski definition) is 4. The molecule has 18 heteroatoms. The number of benzene rings is 4. The van der Waals surface area contributed by atoms with Crippen LogP contribution in [-0.4, -0.2) is 84.9 Å². The number of likely N-dealkylation sites (tertiary alicyclic amines) is 1. The third-order valence-electron chi connectivity index (χ3n) is 11.6. The van der Waals surface area contributed by atoms with Crippen molar-refractivity contribution in [2.45, 2.75) is 50.9 Å². The molecule has 330 valence electrons. The molecule has 5 heterocycles. The van der Waals surface area contributed by atoms with Gasteiger partial charge in [-0.3, -0.25) is 24.5 Å². The first-order chi connectivity index (χ1) is 31.5. The van der Waals surface area contributed by atoms with Crippen molar-refractivity contribution in [3.05, 3.63) is 131 Å². The molecule has 65 heavy (non-hydrogen) atoms. The molecule has 2 saturated heterocycles. The molecule has 2 fully saturated rings. The summed E-state index contributed by atoms with van der Waals surface area (Å²) in [7, 11) is 0. The van der Waals surface area contributed by atoms with Gasteiger partial charge in [0.1, 0.15) is 47.7 Å². The van der Waals surface area contributed by atoms with Crippen LogP contribution in [0.15, 0.2) is 109 Å². The molecule has 3 aliphatic heterocycles. The third-order valence-corrected chi connectivity index (χ3v) is 11.8. The van der Waals surface area contributed by atoms with Gasteiger partial charge in [-0.1, -0.05) is 48.5 Å². The molecule has 2 aromatic heterocycles. The number of imide groups is 1. The Morgan fingerprint density at radius 1 is 0.954 bits per heavy atom. The lowest BCUT2D eigenvalue weighted by atomic mass is 10.0. The second kappa shape index (κ2) is 18.1. The van der Waals surface area contributed by atoms with E-state index in [9.17, 15) is 24.0 Å². The first kappa shape index (κ1) is 42.5. The summed E-state index contributed by atoms with van der Waals surface area (Å²) in [6.07, 6.45) is 3.29. The van der Waals surface area contributed by atoms with Gasteiger partial charge in [-0.25, -0.2) is 19.4 Å². The van der Waals surface area contributed by atoms with E-state index in [1.807, 2.05) is 65.3 Å². The minimum Gasteiger partial charge on any atom is -0.487 e. The maximum Gasteiger partial charge on any atom is 0.319 e. The number of nitrogens with one attached hydrogen (secondary N) is 3. The van der Waals surface area contributed by atoms with Gasteiger partial charge < -0.3 is 35.6 Å². The summed E-state index contributed by atoms with van der Waals surface area (Å²) in [6, 6.07) is 25.5. The van der Waals surface area contributed by atoms with Gasteiger partial charge in [-0.2, -0.15) is 5.10 Å². The quantitative estimate of drug-likeness (QED) is 0.0779. The van der Waals surface area contributed by atoms with Crippen LogP contribution in [-0.2, 0) is 27.5 Å². The molecule has 0 saturated carbocycles. The van der Waals surface area contributed by atoms with Crippen molar-refractivity contribution in [1.29, 1.82) is 0 Å². The van der Waals surface area contributed by atoms with Crippen LogP contribution >= 0.6 is 11.6 Å². The van der Waals surface area contributed by atoms with Crippen molar-refractivity contribution in [2.75, 3.05) is 30.7 Å². The molecule has 3 aliphatic rings. The van der Waals surface area contributed by atoms with Crippen LogP contribution in [0.1, 0.15) is 53.2 Å². The van der Waals surface area contributed by atoms with Crippen LogP contribution in [0.2, 0.25) is 5.02 Å². The number of nitrogens with zero attached hydrogens (tertiary/aromatic N) is 6. The molecular weight excluding hydrogens is 852 g/mol. The van der Waals surface area contributed by atoms with Crippen molar-refractivity contribution >= 4 is 63.8 Å². The third kappa shape index (κ3) is 9.04. The number of nitrogens with two attached hydrogens (primary N) is 1. The Hall–Kier alpha value is -7.79. The Morgan fingerprint density at radius 2 is 1.75 bits per heavy atom. The fourth-order valence-corrected chi connectivity index (χ4v) is 8.53. The highest BCUT2D eigenvalue weighted by molar-refractivity contribution is 6.31. The molecule has 17 nitrogen and oxygen atoms in total. The van der Waals surface area contributed by atoms with Gasteiger partial charge in [0, 0.05) is 54.3 Å². The summed E-state index contributed by atoms with van der Waals surface area (Å²) in [5.74, 6) is 0.554. The standard InChI is InChI=1S/C47H43ClN10O7/c1-27(25-64-38-17-12-31(48)21-36(38)53-47(63)50-22-28-9-15-35-30(20-28)23-57(46(35)62)37-16-18-39(59)54-44(37)60)45(61)56-19-5-6-32(24-56)58-43-40(42(49)51-26-52-43)41(55-58)29-10-13-34(14-11-29)65-33-7-3-2-4-8-33/h2-4,7-15,17,20-21,26,32,37H,1,5-6,16,18-19,22-25H2,(H2,49,51,52)(H2,50,53,63)(H,54,59,60). The number of piperidine rings is 2. The number of carbonyl (C=O) groups is 5. The zero-order chi connectivity index (χ0) is 45.2. The first-order valence-electron chi connectivity index (χ1n) is 21.0. The van der Waals surface area contributed by atoms with Crippen LogP contribution in [0, 0.1) is 0 Å². The van der Waals surface area contributed by atoms with E-state index in [1.165, 1.54) is 17.3 Å². The highest BCUT2D eigenvalue weighted by Crippen LogP contribution is 2.36. The van der Waals surface area contributed by atoms with Crippen LogP contribution in [0.3, 0.4) is 0 Å². The maximum absolute atomic E-state index is 13.9. The van der Waals surface area contributed by atoms with Crippen molar-refractivity contribution in [3.63, 3.8) is 0 Å². The van der Waals surface area contributed by atoms with E-state index in [0.717, 1.165) is 28.9 Å². The number of rotatable bonds is 12. The van der Waals surface area contributed by atoms with Crippen LogP contribution in [0.4, 0.5) is 16.3 Å². The topological polar surface area (TPSA) is 216 Å². The SMILES string of the molecule is C=C(COc1ccc(Cl)cc1NC(=O)NCc1ccc2c(c1)CN(C1CCC(=O)NC1=O)C2=O)C(=O)N1CCCC(n2nc(-c3ccc(Oc4ccccc4)cc3)c3c(N)ncnc32)C1. The van der Waals surface area contributed by atoms with E-state index in [2.05, 4.69) is 32.5 Å². The summed E-state index contributed by atoms with van der Waals surface area (Å²) in [6.45, 7) is 5.07. The number of nitrogen functional groups attached to an aromatic ring is 1. The smallest absolute Gasteiger partial charge is 0.319 e. The molecule has 0 bridgehead atoms. The molecule has 5 N–H and O–H groups in total. The highest BCUT2D eigenvalue weighted by Gasteiger charge is 2.39. The van der Waals surface area contributed by atoms with Gasteiger partial charge in [0.05, 0.1) is 17.1 Å². The van der Waals surface area contributed by atoms with E-state index in [1.54, 1.807) is 29.2 Å². The van der Waals surface area contributed by atoms with Crippen molar-refractivity contribution in [2.24, 2.45) is 0 Å². The maximum atomic E-state index is 13.9. The summed E-state index contributed by atoms with van der Waals surface area (Å²) in [4.78, 5) is 76.2. The largest absolute Gasteiger partial charge is 0.487 e. The predicted octanol–water partition coefficient (Wildman–Crippen LogP) is 6.40. The summed E-state index contributed by atoms with van der Waals surface area (Å²) < 4.78 is 13.9. The molecule has 0 spiro atoms. The lowest BCUT2D eigenvalue weighted by molar-refractivity contribution is -0.137. The zero-order valence-corrected chi connectivity index (χ0v) is 35.7. The van der Waals surface area contributed by atoms with Gasteiger partial charge in [0.2, 0.25) is 11.8 Å². The average Bonchev–Trinajstić information content (AvgIpc) is 3.86. The number of aromatic nitrogens is 4. The zero-order valence-electron chi connectivity index (χ0n) is 35.0. The molecule has 2 unspecified atom stereocenters. The number of ether oxygens (including phenoxy) is 2. The summed E-state index contributed by atoms with van der Waals surface area (Å²) in [5.41, 5.74) is 10.8. The average molecular weight is 895 g/mol. The number of para-hydroxylation sites is 1. The Labute approximate surface area is 377 Å². The van der Waals surface area contributed by atoms with Crippen molar-refractivity contribution < 1.29 is 33.4 Å². The van der Waals surface area contributed by atoms with Gasteiger partial charge in [-0.05, 0) is 91.1 Å². The molecule has 0 aliphatic carbocycles. The second-order valence-electron chi connectivity index (χ2n) is 16.0. The van der Waals surface area contributed by atoms with Gasteiger partial charge >= 0.3 is 6.03 Å². The normalized spacial score (nSPS) is 17.1. The van der Waals surface area contributed by atoms with E-state index >= 15 is 0 Å². The lowest BCUT2D eigenvalue weighted by Gasteiger charge is -2.33. The monoisotopic (exact) mass is 894 g/mol. The van der Waals surface area contributed by atoms with Gasteiger partial charge in [0.15, 0.2) is 5.65 Å². The number of carbonyl (C=O) groups excluding carboxylic acids is 5. The van der Waals surface area contributed by atoms with E-state index in [0.29, 0.717) is 58.4 Å². The van der Waals surface area contributed by atoms with Crippen LogP contribution in [0.5, 0.6) is 17.2 Å². The fraction of sp³-hybridized carbons (Fsp3) is 0.234. The number of urea groups is 1. The minimum atomic E-state index is -0.723. The van der Waals surface area contributed by atoms with E-state index < -0.39 is 18.0 Å². The molecule has 6 amide bonds. The summed E-state index contributed by atoms with van der Waals surface area (Å²) >= 11 is 6.31. The molecule has 4 aromatic carbocycles. The lowest BCUT2D eigenvalue weighted by Crippen LogP contribution is -2.52. The number of anilines is 2. The van der Waals surface area contributed by atoms with Crippen LogP contribution < -0.4 is 31.2 Å². The van der Waals surface area contributed by atoms with Gasteiger partial charge in [-0.15, -0.1) is 0 Å². The molecule has 2 atom stereocenters. The number of hydrogen-bond acceptors (Lipinski definition) is 11. The Morgan fingerprint density at radius 3 is 2.55 bits per heavy atom. The Balaban J connectivity index is 0.813. The van der Waals surface area contributed by atoms with E-state index in [-0.39, 0.29) is 73.3 Å². The highest BCUT2D eigenvalue weighted by atomic mass is 35.5. The number of halogens is 1. The molecular formula is C47H43ClN10O7. The van der Waals surface area contributed by atoms with Crippen molar-refractivity contribution in [3.8, 4) is 28.5 Å². The molecule has 0 radical (unpaired) electrons. The van der Waals surface area contributed by atoms with Crippen molar-refractivity contribution in [1.82, 2.24) is 40.2 Å². The first-order valence-corrected chi connectivity index (χ1v) is 21.4. The fourth-order valence-electron chi connectivity index (χ4n) is 8.36. The van der Waals surface area contributed by atoms with E-state index in [4.69, 9.17) is 31.9 Å². The minimum absolute atomic E-state index is 0.123. The Kier molecular flexibility index (Phi) is 11.9. The Bertz CT molecular complexity index is 2870. The second-order valence-corrected chi connectivity index (χ2v) is 16.4. The number of amides is 6. The molecule has 9 rings (SSSR count). The number of fused-ring (bicyclic) bond motifs is 2. The molecule has 6 aromatic rings. The summed E-state index contributed by atoms with van der Waals surface area (Å²) in [5, 5.41) is 13.9. The van der Waals surface area contributed by atoms with Gasteiger partial charge in [0.25, 0.3) is 11.8 Å².